The number of hydrogen-bond donors (Lipinski definition) is 0. The van der Waals surface area contributed by atoms with E-state index < -0.39 is 0 Å². The topological polar surface area (TPSA) is 31.4 Å². The fourth-order valence-corrected chi connectivity index (χ4v) is 2.17. The molecule has 0 bridgehead atoms. The second-order valence-corrected chi connectivity index (χ2v) is 5.20. The number of ether oxygens (including phenoxy) is 2. The van der Waals surface area contributed by atoms with E-state index in [9.17, 15) is 0 Å². The standard InChI is InChI=1S/C18H23NO2/c1-5-11-20-18-14(3)13(2)17(15(4)19-18)21-12-16-9-7-6-8-10-16/h6-10H,5,11-12H2,1-4H3. The predicted molar refractivity (Wildman–Crippen MR) is 85.0 cm³/mol. The molecule has 0 fully saturated rings. The van der Waals surface area contributed by atoms with Gasteiger partial charge in [-0.25, -0.2) is 4.98 Å². The molecule has 0 saturated carbocycles. The average molecular weight is 285 g/mol. The maximum atomic E-state index is 5.98. The molecule has 1 aromatic heterocycles. The molecule has 1 heterocycles. The van der Waals surface area contributed by atoms with Crippen molar-refractivity contribution >= 4 is 0 Å². The summed E-state index contributed by atoms with van der Waals surface area (Å²) in [4.78, 5) is 4.54. The number of aromatic nitrogens is 1. The second-order valence-electron chi connectivity index (χ2n) is 5.20. The van der Waals surface area contributed by atoms with Crippen LogP contribution in [0.5, 0.6) is 11.6 Å². The molecule has 2 aromatic rings. The normalized spacial score (nSPS) is 10.5. The lowest BCUT2D eigenvalue weighted by molar-refractivity contribution is 0.286. The fraction of sp³-hybridized carbons (Fsp3) is 0.389. The molecule has 0 amide bonds. The van der Waals surface area contributed by atoms with Crippen LogP contribution in [0.25, 0.3) is 0 Å². The van der Waals surface area contributed by atoms with E-state index in [4.69, 9.17) is 9.47 Å². The van der Waals surface area contributed by atoms with Crippen LogP contribution in [0.3, 0.4) is 0 Å². The second kappa shape index (κ2) is 7.11. The lowest BCUT2D eigenvalue weighted by atomic mass is 10.1. The number of hydrogen-bond acceptors (Lipinski definition) is 3. The van der Waals surface area contributed by atoms with Gasteiger partial charge in [-0.05, 0) is 32.8 Å². The Bertz CT molecular complexity index is 594. The molecule has 112 valence electrons. The van der Waals surface area contributed by atoms with Gasteiger partial charge in [-0.15, -0.1) is 0 Å². The molecule has 1 aromatic carbocycles. The summed E-state index contributed by atoms with van der Waals surface area (Å²) in [6, 6.07) is 10.2. The van der Waals surface area contributed by atoms with Gasteiger partial charge in [-0.3, -0.25) is 0 Å². The van der Waals surface area contributed by atoms with Crippen LogP contribution in [-0.2, 0) is 6.61 Å². The third kappa shape index (κ3) is 3.75. The molecule has 0 spiro atoms. The first-order chi connectivity index (χ1) is 10.1. The van der Waals surface area contributed by atoms with E-state index in [-0.39, 0.29) is 0 Å². The highest BCUT2D eigenvalue weighted by molar-refractivity contribution is 5.46. The van der Waals surface area contributed by atoms with Gasteiger partial charge >= 0.3 is 0 Å². The molecular weight excluding hydrogens is 262 g/mol. The minimum atomic E-state index is 0.554. The zero-order chi connectivity index (χ0) is 15.2. The molecule has 0 saturated heterocycles. The smallest absolute Gasteiger partial charge is 0.216 e. The van der Waals surface area contributed by atoms with Gasteiger partial charge in [0.15, 0.2) is 0 Å². The van der Waals surface area contributed by atoms with E-state index in [0.29, 0.717) is 13.2 Å². The minimum absolute atomic E-state index is 0.554. The number of pyridine rings is 1. The molecule has 3 heteroatoms. The Labute approximate surface area is 126 Å². The zero-order valence-corrected chi connectivity index (χ0v) is 13.3. The molecule has 0 unspecified atom stereocenters. The molecule has 21 heavy (non-hydrogen) atoms. The van der Waals surface area contributed by atoms with Crippen LogP contribution in [0.4, 0.5) is 0 Å². The third-order valence-corrected chi connectivity index (χ3v) is 3.49. The Morgan fingerprint density at radius 2 is 1.67 bits per heavy atom. The monoisotopic (exact) mass is 285 g/mol. The maximum absolute atomic E-state index is 5.98. The van der Waals surface area contributed by atoms with Gasteiger partial charge < -0.3 is 9.47 Å². The first-order valence-corrected chi connectivity index (χ1v) is 7.40. The van der Waals surface area contributed by atoms with Crippen molar-refractivity contribution in [3.63, 3.8) is 0 Å². The number of nitrogens with zero attached hydrogens (tertiary/aromatic N) is 1. The molecule has 2 rings (SSSR count). The summed E-state index contributed by atoms with van der Waals surface area (Å²) < 4.78 is 11.7. The van der Waals surface area contributed by atoms with Gasteiger partial charge in [0.1, 0.15) is 12.4 Å². The Morgan fingerprint density at radius 3 is 2.33 bits per heavy atom. The first kappa shape index (κ1) is 15.4. The summed E-state index contributed by atoms with van der Waals surface area (Å²) in [7, 11) is 0. The highest BCUT2D eigenvalue weighted by Crippen LogP contribution is 2.30. The molecule has 0 aliphatic heterocycles. The summed E-state index contributed by atoms with van der Waals surface area (Å²) in [6.45, 7) is 9.39. The first-order valence-electron chi connectivity index (χ1n) is 7.40. The largest absolute Gasteiger partial charge is 0.487 e. The third-order valence-electron chi connectivity index (χ3n) is 3.49. The van der Waals surface area contributed by atoms with Crippen molar-refractivity contribution < 1.29 is 9.47 Å². The van der Waals surface area contributed by atoms with Crippen LogP contribution in [-0.4, -0.2) is 11.6 Å². The van der Waals surface area contributed by atoms with Crippen molar-refractivity contribution in [3.8, 4) is 11.6 Å². The fourth-order valence-electron chi connectivity index (χ4n) is 2.17. The van der Waals surface area contributed by atoms with Gasteiger partial charge in [-0.2, -0.15) is 0 Å². The van der Waals surface area contributed by atoms with E-state index in [0.717, 1.165) is 40.4 Å². The maximum Gasteiger partial charge on any atom is 0.216 e. The molecule has 0 aliphatic carbocycles. The highest BCUT2D eigenvalue weighted by Gasteiger charge is 2.14. The number of rotatable bonds is 6. The van der Waals surface area contributed by atoms with E-state index in [1.54, 1.807) is 0 Å². The van der Waals surface area contributed by atoms with Gasteiger partial charge in [0.05, 0.1) is 12.3 Å². The van der Waals surface area contributed by atoms with Crippen LogP contribution < -0.4 is 9.47 Å². The van der Waals surface area contributed by atoms with Gasteiger partial charge in [0.2, 0.25) is 5.88 Å². The van der Waals surface area contributed by atoms with Crippen LogP contribution in [0.1, 0.15) is 35.7 Å². The SMILES string of the molecule is CCCOc1nc(C)c(OCc2ccccc2)c(C)c1C. The van der Waals surface area contributed by atoms with Crippen molar-refractivity contribution in [1.82, 2.24) is 4.98 Å². The van der Waals surface area contributed by atoms with Crippen molar-refractivity contribution in [2.45, 2.75) is 40.7 Å². The Hall–Kier alpha value is -2.03. The summed E-state index contributed by atoms with van der Waals surface area (Å²) in [5.41, 5.74) is 4.18. The van der Waals surface area contributed by atoms with Gasteiger partial charge in [0, 0.05) is 11.1 Å². The lowest BCUT2D eigenvalue weighted by Gasteiger charge is -2.16. The summed E-state index contributed by atoms with van der Waals surface area (Å²) >= 11 is 0. The van der Waals surface area contributed by atoms with Crippen LogP contribution >= 0.6 is 0 Å². The average Bonchev–Trinajstić information content (AvgIpc) is 2.50. The van der Waals surface area contributed by atoms with Crippen molar-refractivity contribution in [1.29, 1.82) is 0 Å². The molecule has 0 atom stereocenters. The Kier molecular flexibility index (Phi) is 5.20. The summed E-state index contributed by atoms with van der Waals surface area (Å²) in [6.07, 6.45) is 0.978. The Morgan fingerprint density at radius 1 is 0.952 bits per heavy atom. The van der Waals surface area contributed by atoms with Crippen molar-refractivity contribution in [3.05, 3.63) is 52.7 Å². The number of benzene rings is 1. The minimum Gasteiger partial charge on any atom is -0.487 e. The van der Waals surface area contributed by atoms with Gasteiger partial charge in [-0.1, -0.05) is 37.3 Å². The highest BCUT2D eigenvalue weighted by atomic mass is 16.5. The van der Waals surface area contributed by atoms with Gasteiger partial charge in [0.25, 0.3) is 0 Å². The molecule has 0 N–H and O–H groups in total. The number of aryl methyl sites for hydroxylation is 1. The van der Waals surface area contributed by atoms with Crippen molar-refractivity contribution in [2.75, 3.05) is 6.61 Å². The molecular formula is C18H23NO2. The van der Waals surface area contributed by atoms with E-state index in [1.807, 2.05) is 32.0 Å². The molecule has 3 nitrogen and oxygen atoms in total. The summed E-state index contributed by atoms with van der Waals surface area (Å²) in [5.74, 6) is 1.58. The lowest BCUT2D eigenvalue weighted by Crippen LogP contribution is -2.06. The van der Waals surface area contributed by atoms with Crippen LogP contribution in [0.15, 0.2) is 30.3 Å². The molecule has 0 aliphatic rings. The molecule has 0 radical (unpaired) electrons. The van der Waals surface area contributed by atoms with Crippen LogP contribution in [0.2, 0.25) is 0 Å². The van der Waals surface area contributed by atoms with E-state index >= 15 is 0 Å². The van der Waals surface area contributed by atoms with Crippen LogP contribution in [0, 0.1) is 20.8 Å². The van der Waals surface area contributed by atoms with Crippen molar-refractivity contribution in [2.24, 2.45) is 0 Å². The Balaban J connectivity index is 2.18. The quantitative estimate of drug-likeness (QED) is 0.789. The van der Waals surface area contributed by atoms with E-state index in [2.05, 4.69) is 31.0 Å². The summed E-state index contributed by atoms with van der Waals surface area (Å²) in [5, 5.41) is 0. The van der Waals surface area contributed by atoms with E-state index in [1.165, 1.54) is 0 Å². The predicted octanol–water partition coefficient (Wildman–Crippen LogP) is 4.37. The zero-order valence-electron chi connectivity index (χ0n) is 13.3.